The molecule has 1 aliphatic carbocycles. The van der Waals surface area contributed by atoms with E-state index in [9.17, 15) is 4.79 Å². The Balaban J connectivity index is 1.46. The largest absolute Gasteiger partial charge is 0.367 e. The Bertz CT molecular complexity index is 607. The second-order valence-electron chi connectivity index (χ2n) is 7.61. The summed E-state index contributed by atoms with van der Waals surface area (Å²) in [5, 5.41) is 7.65. The normalized spacial score (nSPS) is 33.0. The number of carbonyl (C=O) groups excluding carboxylic acids is 1. The van der Waals surface area contributed by atoms with Crippen molar-refractivity contribution in [1.82, 2.24) is 20.0 Å². The van der Waals surface area contributed by atoms with Crippen LogP contribution in [0.25, 0.3) is 0 Å². The zero-order valence-corrected chi connectivity index (χ0v) is 14.0. The van der Waals surface area contributed by atoms with Crippen molar-refractivity contribution in [2.24, 2.45) is 18.4 Å². The van der Waals surface area contributed by atoms with Gasteiger partial charge in [0.1, 0.15) is 5.60 Å². The average molecular weight is 318 g/mol. The molecule has 6 nitrogen and oxygen atoms in total. The van der Waals surface area contributed by atoms with Crippen LogP contribution in [0.3, 0.4) is 0 Å². The van der Waals surface area contributed by atoms with Gasteiger partial charge in [0.15, 0.2) is 0 Å². The van der Waals surface area contributed by atoms with Crippen molar-refractivity contribution < 1.29 is 9.53 Å². The number of aryl methyl sites for hydroxylation is 1. The summed E-state index contributed by atoms with van der Waals surface area (Å²) < 4.78 is 7.81. The summed E-state index contributed by atoms with van der Waals surface area (Å²) in [6.07, 6.45) is 7.20. The van der Waals surface area contributed by atoms with Crippen LogP contribution in [0.4, 0.5) is 0 Å². The summed E-state index contributed by atoms with van der Waals surface area (Å²) in [7, 11) is 1.91. The van der Waals surface area contributed by atoms with Gasteiger partial charge in [-0.3, -0.25) is 9.48 Å². The SMILES string of the molecule is Cn1cc([C@]2(C)CN(C(=O)[C@@H]3CC34CCNCC4)CCO2)cn1. The zero-order chi connectivity index (χ0) is 16.1. The lowest BCUT2D eigenvalue weighted by Gasteiger charge is -2.40. The number of carbonyl (C=O) groups is 1. The zero-order valence-electron chi connectivity index (χ0n) is 14.0. The number of morpholine rings is 1. The van der Waals surface area contributed by atoms with Gasteiger partial charge in [-0.15, -0.1) is 0 Å². The first-order valence-electron chi connectivity index (χ1n) is 8.65. The van der Waals surface area contributed by atoms with E-state index in [0.29, 0.717) is 31.0 Å². The molecule has 3 heterocycles. The highest BCUT2D eigenvalue weighted by Gasteiger charge is 2.59. The second kappa shape index (κ2) is 5.31. The molecule has 0 unspecified atom stereocenters. The molecule has 1 aromatic rings. The quantitative estimate of drug-likeness (QED) is 0.879. The molecule has 1 aromatic heterocycles. The Morgan fingerprint density at radius 1 is 1.43 bits per heavy atom. The lowest BCUT2D eigenvalue weighted by Crippen LogP contribution is -2.51. The Kier molecular flexibility index (Phi) is 3.50. The van der Waals surface area contributed by atoms with Crippen LogP contribution in [-0.4, -0.2) is 53.4 Å². The minimum absolute atomic E-state index is 0.237. The van der Waals surface area contributed by atoms with E-state index < -0.39 is 5.60 Å². The molecule has 3 aliphatic rings. The molecule has 0 radical (unpaired) electrons. The van der Waals surface area contributed by atoms with Crippen molar-refractivity contribution in [3.8, 4) is 0 Å². The summed E-state index contributed by atoms with van der Waals surface area (Å²) in [4.78, 5) is 15.0. The van der Waals surface area contributed by atoms with Crippen molar-refractivity contribution in [3.63, 3.8) is 0 Å². The minimum atomic E-state index is -0.446. The monoisotopic (exact) mass is 318 g/mol. The van der Waals surface area contributed by atoms with Crippen molar-refractivity contribution >= 4 is 5.91 Å². The van der Waals surface area contributed by atoms with Crippen LogP contribution in [0.5, 0.6) is 0 Å². The molecular weight excluding hydrogens is 292 g/mol. The van der Waals surface area contributed by atoms with Crippen LogP contribution in [0.1, 0.15) is 31.7 Å². The molecule has 2 atom stereocenters. The number of hydrogen-bond acceptors (Lipinski definition) is 4. The van der Waals surface area contributed by atoms with E-state index in [-0.39, 0.29) is 5.92 Å². The summed E-state index contributed by atoms with van der Waals surface area (Å²) >= 11 is 0. The number of nitrogens with one attached hydrogen (secondary N) is 1. The Morgan fingerprint density at radius 2 is 2.22 bits per heavy atom. The molecule has 1 amide bonds. The Labute approximate surface area is 137 Å². The van der Waals surface area contributed by atoms with Crippen molar-refractivity contribution in [2.45, 2.75) is 31.8 Å². The highest BCUT2D eigenvalue weighted by atomic mass is 16.5. The van der Waals surface area contributed by atoms with Crippen molar-refractivity contribution in [2.75, 3.05) is 32.8 Å². The topological polar surface area (TPSA) is 59.4 Å². The van der Waals surface area contributed by atoms with E-state index in [4.69, 9.17) is 4.74 Å². The van der Waals surface area contributed by atoms with Gasteiger partial charge in [-0.25, -0.2) is 0 Å². The van der Waals surface area contributed by atoms with E-state index >= 15 is 0 Å². The summed E-state index contributed by atoms with van der Waals surface area (Å²) in [5.74, 6) is 0.575. The van der Waals surface area contributed by atoms with Crippen molar-refractivity contribution in [1.29, 1.82) is 0 Å². The first kappa shape index (κ1) is 15.1. The van der Waals surface area contributed by atoms with Crippen LogP contribution in [0, 0.1) is 11.3 Å². The summed E-state index contributed by atoms with van der Waals surface area (Å²) in [6, 6.07) is 0. The van der Waals surface area contributed by atoms with Crippen LogP contribution >= 0.6 is 0 Å². The average Bonchev–Trinajstić information content (AvgIpc) is 3.03. The maximum absolute atomic E-state index is 13.0. The third kappa shape index (κ3) is 2.58. The molecular formula is C17H26N4O2. The lowest BCUT2D eigenvalue weighted by molar-refractivity contribution is -0.151. The number of aromatic nitrogens is 2. The predicted octanol–water partition coefficient (Wildman–Crippen LogP) is 0.884. The maximum atomic E-state index is 13.0. The molecule has 1 saturated carbocycles. The van der Waals surface area contributed by atoms with Gasteiger partial charge in [-0.1, -0.05) is 0 Å². The molecule has 126 valence electrons. The van der Waals surface area contributed by atoms with Gasteiger partial charge in [-0.2, -0.15) is 5.10 Å². The van der Waals surface area contributed by atoms with Gasteiger partial charge in [0.2, 0.25) is 5.91 Å². The van der Waals surface area contributed by atoms with Gasteiger partial charge in [0.05, 0.1) is 19.3 Å². The number of piperidine rings is 1. The van der Waals surface area contributed by atoms with Crippen molar-refractivity contribution in [3.05, 3.63) is 18.0 Å². The third-order valence-electron chi connectivity index (χ3n) is 5.99. The smallest absolute Gasteiger partial charge is 0.226 e. The molecule has 1 N–H and O–H groups in total. The van der Waals surface area contributed by atoms with Gasteiger partial charge >= 0.3 is 0 Å². The maximum Gasteiger partial charge on any atom is 0.226 e. The minimum Gasteiger partial charge on any atom is -0.367 e. The van der Waals surface area contributed by atoms with E-state index in [0.717, 1.165) is 37.9 Å². The fraction of sp³-hybridized carbons (Fsp3) is 0.765. The molecule has 2 aliphatic heterocycles. The second-order valence-corrected chi connectivity index (χ2v) is 7.61. The molecule has 23 heavy (non-hydrogen) atoms. The van der Waals surface area contributed by atoms with Crippen LogP contribution in [-0.2, 0) is 22.2 Å². The first-order chi connectivity index (χ1) is 11.0. The highest BCUT2D eigenvalue weighted by Crippen LogP contribution is 2.59. The number of nitrogens with zero attached hydrogens (tertiary/aromatic N) is 3. The molecule has 3 fully saturated rings. The number of rotatable bonds is 2. The van der Waals surface area contributed by atoms with Crippen LogP contribution in [0.15, 0.2) is 12.4 Å². The standard InChI is InChI=1S/C17H26N4O2/c1-16(13-10-19-20(2)11-13)12-21(7-8-23-16)15(22)14-9-17(14)3-5-18-6-4-17/h10-11,14,18H,3-9,12H2,1-2H3/t14-,16-/m0/s1. The predicted molar refractivity (Wildman–Crippen MR) is 85.7 cm³/mol. The molecule has 6 heteroatoms. The van der Waals surface area contributed by atoms with Gasteiger partial charge in [0, 0.05) is 31.3 Å². The lowest BCUT2D eigenvalue weighted by atomic mass is 9.91. The van der Waals surface area contributed by atoms with Gasteiger partial charge < -0.3 is 15.0 Å². The molecule has 2 saturated heterocycles. The van der Waals surface area contributed by atoms with Crippen LogP contribution in [0.2, 0.25) is 0 Å². The third-order valence-corrected chi connectivity index (χ3v) is 5.99. The van der Waals surface area contributed by atoms with E-state index in [2.05, 4.69) is 17.3 Å². The van der Waals surface area contributed by atoms with E-state index in [1.165, 1.54) is 0 Å². The summed E-state index contributed by atoms with van der Waals surface area (Å²) in [5.41, 5.74) is 0.897. The Hall–Kier alpha value is -1.40. The summed E-state index contributed by atoms with van der Waals surface area (Å²) in [6.45, 7) is 6.11. The fourth-order valence-electron chi connectivity index (χ4n) is 4.32. The molecule has 4 rings (SSSR count). The first-order valence-corrected chi connectivity index (χ1v) is 8.65. The number of amides is 1. The fourth-order valence-corrected chi connectivity index (χ4v) is 4.32. The Morgan fingerprint density at radius 3 is 2.91 bits per heavy atom. The van der Waals surface area contributed by atoms with Gasteiger partial charge in [-0.05, 0) is 44.7 Å². The van der Waals surface area contributed by atoms with Gasteiger partial charge in [0.25, 0.3) is 0 Å². The number of hydrogen-bond donors (Lipinski definition) is 1. The van der Waals surface area contributed by atoms with E-state index in [1.54, 1.807) is 4.68 Å². The molecule has 0 aromatic carbocycles. The molecule has 0 bridgehead atoms. The highest BCUT2D eigenvalue weighted by molar-refractivity contribution is 5.83. The number of ether oxygens (including phenoxy) is 1. The molecule has 1 spiro atoms. The van der Waals surface area contributed by atoms with E-state index in [1.807, 2.05) is 24.3 Å². The van der Waals surface area contributed by atoms with Crippen LogP contribution < -0.4 is 5.32 Å².